The SMILES string of the molecule is CCCC(CCO)CNc1c(N)c(C(C)C)nn1C. The van der Waals surface area contributed by atoms with Gasteiger partial charge in [-0.15, -0.1) is 0 Å². The summed E-state index contributed by atoms with van der Waals surface area (Å²) in [6.07, 6.45) is 3.07. The molecule has 4 N–H and O–H groups in total. The van der Waals surface area contributed by atoms with Crippen molar-refractivity contribution >= 4 is 11.5 Å². The van der Waals surface area contributed by atoms with Crippen LogP contribution in [0.1, 0.15) is 51.6 Å². The first kappa shape index (κ1) is 15.8. The quantitative estimate of drug-likeness (QED) is 0.676. The van der Waals surface area contributed by atoms with Crippen molar-refractivity contribution in [1.29, 1.82) is 0 Å². The molecular weight excluding hydrogens is 240 g/mol. The smallest absolute Gasteiger partial charge is 0.147 e. The van der Waals surface area contributed by atoms with E-state index in [0.717, 1.165) is 43.0 Å². The minimum absolute atomic E-state index is 0.241. The maximum atomic E-state index is 9.08. The average Bonchev–Trinajstić information content (AvgIpc) is 2.63. The number of hydrogen-bond acceptors (Lipinski definition) is 4. The van der Waals surface area contributed by atoms with E-state index in [1.807, 2.05) is 11.7 Å². The highest BCUT2D eigenvalue weighted by Gasteiger charge is 2.16. The number of anilines is 2. The Labute approximate surface area is 116 Å². The molecule has 0 fully saturated rings. The predicted molar refractivity (Wildman–Crippen MR) is 80.3 cm³/mol. The van der Waals surface area contributed by atoms with E-state index in [9.17, 15) is 0 Å². The molecule has 1 aromatic heterocycles. The van der Waals surface area contributed by atoms with Crippen LogP contribution in [0.15, 0.2) is 0 Å². The van der Waals surface area contributed by atoms with Crippen LogP contribution in [0.25, 0.3) is 0 Å². The Morgan fingerprint density at radius 2 is 2.05 bits per heavy atom. The molecule has 1 atom stereocenters. The second-order valence-electron chi connectivity index (χ2n) is 5.47. The van der Waals surface area contributed by atoms with Gasteiger partial charge in [0.25, 0.3) is 0 Å². The van der Waals surface area contributed by atoms with Crippen LogP contribution in [0.2, 0.25) is 0 Å². The summed E-state index contributed by atoms with van der Waals surface area (Å²) in [6, 6.07) is 0. The fourth-order valence-electron chi connectivity index (χ4n) is 2.38. The zero-order valence-corrected chi connectivity index (χ0v) is 12.6. The Hall–Kier alpha value is -1.23. The van der Waals surface area contributed by atoms with Crippen LogP contribution in [-0.2, 0) is 7.05 Å². The van der Waals surface area contributed by atoms with Crippen LogP contribution >= 0.6 is 0 Å². The van der Waals surface area contributed by atoms with E-state index in [1.165, 1.54) is 0 Å². The highest BCUT2D eigenvalue weighted by Crippen LogP contribution is 2.28. The molecule has 1 rings (SSSR count). The number of nitrogens with one attached hydrogen (secondary N) is 1. The Bertz CT molecular complexity index is 381. The van der Waals surface area contributed by atoms with E-state index >= 15 is 0 Å². The van der Waals surface area contributed by atoms with E-state index in [-0.39, 0.29) is 6.61 Å². The van der Waals surface area contributed by atoms with Crippen LogP contribution in [-0.4, -0.2) is 28.0 Å². The Balaban J connectivity index is 2.71. The summed E-state index contributed by atoms with van der Waals surface area (Å²) in [7, 11) is 1.91. The molecule has 0 saturated heterocycles. The van der Waals surface area contributed by atoms with Crippen molar-refractivity contribution in [3.63, 3.8) is 0 Å². The summed E-state index contributed by atoms with van der Waals surface area (Å²) >= 11 is 0. The minimum atomic E-state index is 0.241. The van der Waals surface area contributed by atoms with Gasteiger partial charge in [0.2, 0.25) is 0 Å². The topological polar surface area (TPSA) is 76.1 Å². The third-order valence-corrected chi connectivity index (χ3v) is 3.45. The zero-order chi connectivity index (χ0) is 14.4. The summed E-state index contributed by atoms with van der Waals surface area (Å²) in [4.78, 5) is 0. The normalized spacial score (nSPS) is 12.9. The van der Waals surface area contributed by atoms with Gasteiger partial charge in [-0.2, -0.15) is 5.10 Å². The van der Waals surface area contributed by atoms with Gasteiger partial charge in [-0.3, -0.25) is 4.68 Å². The number of aliphatic hydroxyl groups is 1. The lowest BCUT2D eigenvalue weighted by Crippen LogP contribution is -2.17. The van der Waals surface area contributed by atoms with Gasteiger partial charge >= 0.3 is 0 Å². The molecular formula is C14H28N4O. The van der Waals surface area contributed by atoms with Crippen molar-refractivity contribution in [2.75, 3.05) is 24.2 Å². The maximum Gasteiger partial charge on any atom is 0.147 e. The maximum absolute atomic E-state index is 9.08. The van der Waals surface area contributed by atoms with Gasteiger partial charge in [0, 0.05) is 20.2 Å². The van der Waals surface area contributed by atoms with Crippen molar-refractivity contribution < 1.29 is 5.11 Å². The number of nitrogen functional groups attached to an aromatic ring is 1. The zero-order valence-electron chi connectivity index (χ0n) is 12.6. The number of hydrogen-bond donors (Lipinski definition) is 3. The first-order chi connectivity index (χ1) is 9.01. The molecule has 0 saturated carbocycles. The molecule has 0 aliphatic rings. The average molecular weight is 268 g/mol. The van der Waals surface area contributed by atoms with Crippen molar-refractivity contribution in [2.45, 2.75) is 46.0 Å². The molecule has 1 aromatic rings. The van der Waals surface area contributed by atoms with Gasteiger partial charge < -0.3 is 16.2 Å². The molecule has 0 radical (unpaired) electrons. The standard InChI is InChI=1S/C14H28N4O/c1-5-6-11(7-8-19)9-16-14-12(15)13(10(2)3)17-18(14)4/h10-11,16,19H,5-9,15H2,1-4H3. The molecule has 5 heteroatoms. The van der Waals surface area contributed by atoms with E-state index in [1.54, 1.807) is 0 Å². The van der Waals surface area contributed by atoms with Gasteiger partial charge in [0.15, 0.2) is 0 Å². The molecule has 19 heavy (non-hydrogen) atoms. The molecule has 1 heterocycles. The van der Waals surface area contributed by atoms with E-state index in [2.05, 4.69) is 31.2 Å². The Morgan fingerprint density at radius 1 is 1.37 bits per heavy atom. The van der Waals surface area contributed by atoms with Crippen LogP contribution in [0.4, 0.5) is 11.5 Å². The molecule has 0 aromatic carbocycles. The van der Waals surface area contributed by atoms with Crippen LogP contribution in [0.5, 0.6) is 0 Å². The van der Waals surface area contributed by atoms with Crippen molar-refractivity contribution in [3.8, 4) is 0 Å². The number of aromatic nitrogens is 2. The van der Waals surface area contributed by atoms with Gasteiger partial charge in [0.05, 0.1) is 11.4 Å². The first-order valence-corrected chi connectivity index (χ1v) is 7.18. The molecule has 1 unspecified atom stereocenters. The molecule has 5 nitrogen and oxygen atoms in total. The number of nitrogens with zero attached hydrogens (tertiary/aromatic N) is 2. The summed E-state index contributed by atoms with van der Waals surface area (Å²) < 4.78 is 1.81. The van der Waals surface area contributed by atoms with Crippen molar-refractivity contribution in [1.82, 2.24) is 9.78 Å². The molecule has 0 aliphatic heterocycles. The summed E-state index contributed by atoms with van der Waals surface area (Å²) in [6.45, 7) is 7.42. The summed E-state index contributed by atoms with van der Waals surface area (Å²) in [5.74, 6) is 1.69. The second kappa shape index (κ2) is 7.38. The number of nitrogens with two attached hydrogens (primary N) is 1. The highest BCUT2D eigenvalue weighted by atomic mass is 16.3. The lowest BCUT2D eigenvalue weighted by atomic mass is 10.0. The highest BCUT2D eigenvalue weighted by molar-refractivity contribution is 5.65. The predicted octanol–water partition coefficient (Wildman–Crippen LogP) is 2.34. The Kier molecular flexibility index (Phi) is 6.15. The lowest BCUT2D eigenvalue weighted by Gasteiger charge is -2.16. The van der Waals surface area contributed by atoms with Crippen molar-refractivity contribution in [3.05, 3.63) is 5.69 Å². The van der Waals surface area contributed by atoms with Crippen LogP contribution in [0.3, 0.4) is 0 Å². The van der Waals surface area contributed by atoms with Crippen molar-refractivity contribution in [2.24, 2.45) is 13.0 Å². The summed E-state index contributed by atoms with van der Waals surface area (Å²) in [5, 5.41) is 16.9. The van der Waals surface area contributed by atoms with Crippen LogP contribution < -0.4 is 11.1 Å². The third kappa shape index (κ3) is 4.13. The largest absolute Gasteiger partial charge is 0.396 e. The van der Waals surface area contributed by atoms with E-state index in [4.69, 9.17) is 10.8 Å². The molecule has 0 aliphatic carbocycles. The monoisotopic (exact) mass is 268 g/mol. The number of aryl methyl sites for hydroxylation is 1. The van der Waals surface area contributed by atoms with Gasteiger partial charge in [-0.05, 0) is 24.7 Å². The van der Waals surface area contributed by atoms with Crippen LogP contribution in [0, 0.1) is 5.92 Å². The fourth-order valence-corrected chi connectivity index (χ4v) is 2.38. The fraction of sp³-hybridized carbons (Fsp3) is 0.786. The third-order valence-electron chi connectivity index (χ3n) is 3.45. The molecule has 0 spiro atoms. The first-order valence-electron chi connectivity index (χ1n) is 7.18. The second-order valence-corrected chi connectivity index (χ2v) is 5.47. The molecule has 110 valence electrons. The number of aliphatic hydroxyl groups excluding tert-OH is 1. The van der Waals surface area contributed by atoms with E-state index in [0.29, 0.717) is 11.8 Å². The van der Waals surface area contributed by atoms with E-state index < -0.39 is 0 Å². The van der Waals surface area contributed by atoms with Gasteiger partial charge in [-0.25, -0.2) is 0 Å². The molecule has 0 bridgehead atoms. The molecule has 0 amide bonds. The Morgan fingerprint density at radius 3 is 2.53 bits per heavy atom. The van der Waals surface area contributed by atoms with Gasteiger partial charge in [-0.1, -0.05) is 27.2 Å². The lowest BCUT2D eigenvalue weighted by molar-refractivity contribution is 0.255. The van der Waals surface area contributed by atoms with Gasteiger partial charge in [0.1, 0.15) is 5.82 Å². The summed E-state index contributed by atoms with van der Waals surface area (Å²) in [5.41, 5.74) is 7.83. The minimum Gasteiger partial charge on any atom is -0.396 e. The number of rotatable bonds is 8.